The summed E-state index contributed by atoms with van der Waals surface area (Å²) in [5, 5.41) is 2.37. The normalized spacial score (nSPS) is 15.3. The van der Waals surface area contributed by atoms with Crippen LogP contribution < -0.4 is 0 Å². The van der Waals surface area contributed by atoms with E-state index in [0.29, 0.717) is 15.6 Å². The number of amides is 1. The number of hydrogen-bond acceptors (Lipinski definition) is 5. The Morgan fingerprint density at radius 1 is 1.07 bits per heavy atom. The predicted octanol–water partition coefficient (Wildman–Crippen LogP) is 3.75. The molecule has 3 aromatic rings. The topological polar surface area (TPSA) is 70.6 Å². The Hall–Kier alpha value is -2.33. The van der Waals surface area contributed by atoms with Crippen LogP contribution in [-0.2, 0) is 10.0 Å². The van der Waals surface area contributed by atoms with E-state index in [1.165, 1.54) is 33.8 Å². The van der Waals surface area contributed by atoms with Crippen molar-refractivity contribution in [2.45, 2.75) is 4.90 Å². The van der Waals surface area contributed by atoms with Gasteiger partial charge in [-0.3, -0.25) is 4.79 Å². The van der Waals surface area contributed by atoms with E-state index in [9.17, 15) is 17.6 Å². The SMILES string of the molecule is O=C(c1csc(-c2ccccc2F)n1)N1CCN(S(=O)(=O)c2cccc(Cl)c2)CC1. The number of rotatable bonds is 4. The summed E-state index contributed by atoms with van der Waals surface area (Å²) < 4.78 is 40.9. The number of carbonyl (C=O) groups excluding carboxylic acids is 1. The molecule has 1 aromatic heterocycles. The fourth-order valence-corrected chi connectivity index (χ4v) is 5.74. The van der Waals surface area contributed by atoms with Gasteiger partial charge in [0.1, 0.15) is 16.5 Å². The van der Waals surface area contributed by atoms with Gasteiger partial charge in [0.05, 0.1) is 4.90 Å². The molecular formula is C20H17ClFN3O3S2. The molecule has 0 bridgehead atoms. The molecule has 4 rings (SSSR count). The fourth-order valence-electron chi connectivity index (χ4n) is 3.20. The Labute approximate surface area is 182 Å². The summed E-state index contributed by atoms with van der Waals surface area (Å²) in [7, 11) is -3.68. The minimum Gasteiger partial charge on any atom is -0.335 e. The molecule has 1 amide bonds. The highest BCUT2D eigenvalue weighted by Crippen LogP contribution is 2.27. The van der Waals surface area contributed by atoms with Crippen LogP contribution in [0.25, 0.3) is 10.6 Å². The van der Waals surface area contributed by atoms with E-state index in [2.05, 4.69) is 4.98 Å². The van der Waals surface area contributed by atoms with Gasteiger partial charge in [-0.15, -0.1) is 11.3 Å². The van der Waals surface area contributed by atoms with Gasteiger partial charge in [0.15, 0.2) is 0 Å². The lowest BCUT2D eigenvalue weighted by molar-refractivity contribution is 0.0693. The monoisotopic (exact) mass is 465 g/mol. The van der Waals surface area contributed by atoms with Crippen LogP contribution in [0.1, 0.15) is 10.5 Å². The van der Waals surface area contributed by atoms with E-state index >= 15 is 0 Å². The number of halogens is 2. The van der Waals surface area contributed by atoms with Crippen LogP contribution in [-0.4, -0.2) is 54.7 Å². The number of nitrogens with zero attached hydrogens (tertiary/aromatic N) is 3. The van der Waals surface area contributed by atoms with Crippen molar-refractivity contribution in [3.63, 3.8) is 0 Å². The Bertz CT molecular complexity index is 1190. The van der Waals surface area contributed by atoms with E-state index < -0.39 is 15.8 Å². The molecule has 1 aliphatic heterocycles. The summed E-state index contributed by atoms with van der Waals surface area (Å²) in [6, 6.07) is 12.4. The molecule has 1 saturated heterocycles. The van der Waals surface area contributed by atoms with Gasteiger partial charge < -0.3 is 4.90 Å². The zero-order valence-electron chi connectivity index (χ0n) is 15.7. The van der Waals surface area contributed by atoms with Gasteiger partial charge in [0.25, 0.3) is 5.91 Å². The van der Waals surface area contributed by atoms with Crippen LogP contribution in [0.15, 0.2) is 58.8 Å². The number of carbonyl (C=O) groups is 1. The van der Waals surface area contributed by atoms with Crippen LogP contribution in [0.4, 0.5) is 4.39 Å². The Kier molecular flexibility index (Phi) is 5.88. The van der Waals surface area contributed by atoms with Crippen molar-refractivity contribution >= 4 is 38.9 Å². The predicted molar refractivity (Wildman–Crippen MR) is 114 cm³/mol. The lowest BCUT2D eigenvalue weighted by Gasteiger charge is -2.33. The van der Waals surface area contributed by atoms with E-state index in [4.69, 9.17) is 11.6 Å². The highest BCUT2D eigenvalue weighted by Gasteiger charge is 2.31. The minimum atomic E-state index is -3.68. The maximum Gasteiger partial charge on any atom is 0.273 e. The molecule has 6 nitrogen and oxygen atoms in total. The molecule has 0 spiro atoms. The molecule has 0 aliphatic carbocycles. The van der Waals surface area contributed by atoms with Crippen molar-refractivity contribution in [3.05, 3.63) is 70.4 Å². The average Bonchev–Trinajstić information content (AvgIpc) is 3.23. The maximum atomic E-state index is 14.0. The molecule has 1 aliphatic rings. The molecule has 2 heterocycles. The van der Waals surface area contributed by atoms with Crippen LogP contribution in [0.2, 0.25) is 5.02 Å². The lowest BCUT2D eigenvalue weighted by atomic mass is 10.2. The number of aromatic nitrogens is 1. The molecule has 30 heavy (non-hydrogen) atoms. The van der Waals surface area contributed by atoms with Crippen molar-refractivity contribution in [2.24, 2.45) is 0 Å². The summed E-state index contributed by atoms with van der Waals surface area (Å²) >= 11 is 7.11. The molecule has 10 heteroatoms. The standard InChI is InChI=1S/C20H17ClFN3O3S2/c21-14-4-3-5-15(12-14)30(27,28)25-10-8-24(9-11-25)20(26)18-13-29-19(23-18)16-6-1-2-7-17(16)22/h1-7,12-13H,8-11H2. The Balaban J connectivity index is 1.45. The van der Waals surface area contributed by atoms with Gasteiger partial charge in [-0.1, -0.05) is 29.8 Å². The van der Waals surface area contributed by atoms with Crippen LogP contribution in [0.5, 0.6) is 0 Å². The molecule has 1 fully saturated rings. The summed E-state index contributed by atoms with van der Waals surface area (Å²) in [5.74, 6) is -0.695. The highest BCUT2D eigenvalue weighted by atomic mass is 35.5. The van der Waals surface area contributed by atoms with Crippen molar-refractivity contribution in [1.29, 1.82) is 0 Å². The number of hydrogen-bond donors (Lipinski definition) is 0. The van der Waals surface area contributed by atoms with E-state index in [1.54, 1.807) is 40.6 Å². The van der Waals surface area contributed by atoms with Crippen molar-refractivity contribution in [3.8, 4) is 10.6 Å². The first-order valence-electron chi connectivity index (χ1n) is 9.12. The molecule has 0 unspecified atom stereocenters. The molecule has 0 N–H and O–H groups in total. The quantitative estimate of drug-likeness (QED) is 0.588. The van der Waals surface area contributed by atoms with E-state index in [-0.39, 0.29) is 42.7 Å². The van der Waals surface area contributed by atoms with E-state index in [1.807, 2.05) is 0 Å². The smallest absolute Gasteiger partial charge is 0.273 e. The largest absolute Gasteiger partial charge is 0.335 e. The van der Waals surface area contributed by atoms with Gasteiger partial charge in [-0.25, -0.2) is 17.8 Å². The highest BCUT2D eigenvalue weighted by molar-refractivity contribution is 7.89. The molecule has 0 atom stereocenters. The summed E-state index contributed by atoms with van der Waals surface area (Å²) in [6.45, 7) is 0.826. The second kappa shape index (κ2) is 8.43. The minimum absolute atomic E-state index is 0.129. The molecule has 156 valence electrons. The van der Waals surface area contributed by atoms with Crippen LogP contribution >= 0.6 is 22.9 Å². The van der Waals surface area contributed by atoms with Gasteiger partial charge in [-0.05, 0) is 30.3 Å². The number of thiazole rings is 1. The zero-order valence-corrected chi connectivity index (χ0v) is 18.1. The van der Waals surface area contributed by atoms with Crippen molar-refractivity contribution < 1.29 is 17.6 Å². The van der Waals surface area contributed by atoms with Gasteiger partial charge >= 0.3 is 0 Å². The first kappa shape index (κ1) is 20.9. The molecule has 0 radical (unpaired) electrons. The number of sulfonamides is 1. The first-order chi connectivity index (χ1) is 14.4. The number of benzene rings is 2. The Morgan fingerprint density at radius 3 is 2.50 bits per heavy atom. The van der Waals surface area contributed by atoms with Crippen molar-refractivity contribution in [2.75, 3.05) is 26.2 Å². The Morgan fingerprint density at radius 2 is 1.80 bits per heavy atom. The van der Waals surface area contributed by atoms with Crippen LogP contribution in [0.3, 0.4) is 0 Å². The van der Waals surface area contributed by atoms with Gasteiger partial charge in [-0.2, -0.15) is 4.31 Å². The second-order valence-corrected chi connectivity index (χ2v) is 9.90. The lowest BCUT2D eigenvalue weighted by Crippen LogP contribution is -2.50. The molecule has 0 saturated carbocycles. The zero-order chi connectivity index (χ0) is 21.3. The third-order valence-corrected chi connectivity index (χ3v) is 7.79. The van der Waals surface area contributed by atoms with Gasteiger partial charge in [0.2, 0.25) is 10.0 Å². The summed E-state index contributed by atoms with van der Waals surface area (Å²) in [4.78, 5) is 18.8. The van der Waals surface area contributed by atoms with E-state index in [0.717, 1.165) is 0 Å². The third-order valence-electron chi connectivity index (χ3n) is 4.79. The second-order valence-electron chi connectivity index (χ2n) is 6.67. The molecule has 2 aromatic carbocycles. The van der Waals surface area contributed by atoms with Gasteiger partial charge in [0, 0.05) is 42.1 Å². The van der Waals surface area contributed by atoms with Crippen molar-refractivity contribution in [1.82, 2.24) is 14.2 Å². The fraction of sp³-hybridized carbons (Fsp3) is 0.200. The average molecular weight is 466 g/mol. The molecular weight excluding hydrogens is 449 g/mol. The third kappa shape index (κ3) is 4.11. The summed E-state index contributed by atoms with van der Waals surface area (Å²) in [5.41, 5.74) is 0.573. The maximum absolute atomic E-state index is 14.0. The number of piperazine rings is 1. The van der Waals surface area contributed by atoms with Crippen LogP contribution in [0, 0.1) is 5.82 Å². The first-order valence-corrected chi connectivity index (χ1v) is 11.8. The summed E-state index contributed by atoms with van der Waals surface area (Å²) in [6.07, 6.45) is 0.